The Morgan fingerprint density at radius 1 is 1.28 bits per heavy atom. The Hall–Kier alpha value is -2.40. The fourth-order valence-corrected chi connectivity index (χ4v) is 3.41. The molecule has 2 aromatic rings. The largest absolute Gasteiger partial charge is 0.496 e. The molecule has 2 atom stereocenters. The molecule has 1 fully saturated rings. The zero-order valence-corrected chi connectivity index (χ0v) is 14.2. The fourth-order valence-electron chi connectivity index (χ4n) is 3.41. The maximum Gasteiger partial charge on any atom is 0.223 e. The molecule has 0 radical (unpaired) electrons. The maximum atomic E-state index is 13.5. The first-order valence-electron chi connectivity index (χ1n) is 8.43. The first-order chi connectivity index (χ1) is 12.1. The van der Waals surface area contributed by atoms with Gasteiger partial charge in [0.15, 0.2) is 0 Å². The van der Waals surface area contributed by atoms with E-state index in [1.807, 2.05) is 24.3 Å². The molecule has 0 spiro atoms. The van der Waals surface area contributed by atoms with Crippen molar-refractivity contribution in [3.8, 4) is 5.75 Å². The van der Waals surface area contributed by atoms with Gasteiger partial charge in [-0.1, -0.05) is 30.3 Å². The van der Waals surface area contributed by atoms with E-state index >= 15 is 0 Å². The van der Waals surface area contributed by atoms with Gasteiger partial charge in [0.05, 0.1) is 19.3 Å². The number of ether oxygens (including phenoxy) is 1. The molecule has 1 N–H and O–H groups in total. The standard InChI is InChI=1S/C20H22FNO3/c1-25-19-8-3-2-5-14(19)9-10-20(24)22-13-17(23)12-18(22)15-6-4-7-16(21)11-15/h2-8,11,17-18,23H,9-10,12-13H2,1H3/t17-,18+/m1/s1. The molecule has 1 amide bonds. The van der Waals surface area contributed by atoms with E-state index in [1.54, 1.807) is 24.1 Å². The van der Waals surface area contributed by atoms with Gasteiger partial charge in [0, 0.05) is 13.0 Å². The number of hydrogen-bond donors (Lipinski definition) is 1. The van der Waals surface area contributed by atoms with E-state index in [-0.39, 0.29) is 24.3 Å². The van der Waals surface area contributed by atoms with Crippen molar-refractivity contribution < 1.29 is 19.0 Å². The quantitative estimate of drug-likeness (QED) is 0.908. The number of para-hydroxylation sites is 1. The number of aliphatic hydroxyl groups is 1. The number of aryl methyl sites for hydroxylation is 1. The van der Waals surface area contributed by atoms with Crippen molar-refractivity contribution in [2.24, 2.45) is 0 Å². The number of aliphatic hydroxyl groups excluding tert-OH is 1. The van der Waals surface area contributed by atoms with E-state index in [0.717, 1.165) is 16.9 Å². The second kappa shape index (κ2) is 7.66. The van der Waals surface area contributed by atoms with E-state index in [4.69, 9.17) is 4.74 Å². The van der Waals surface area contributed by atoms with E-state index in [0.29, 0.717) is 19.3 Å². The van der Waals surface area contributed by atoms with Gasteiger partial charge >= 0.3 is 0 Å². The van der Waals surface area contributed by atoms with Crippen LogP contribution in [0.1, 0.15) is 30.0 Å². The van der Waals surface area contributed by atoms with Gasteiger partial charge in [-0.3, -0.25) is 4.79 Å². The van der Waals surface area contributed by atoms with E-state index in [1.165, 1.54) is 12.1 Å². The van der Waals surface area contributed by atoms with Crippen LogP contribution in [0.5, 0.6) is 5.75 Å². The van der Waals surface area contributed by atoms with Gasteiger partial charge in [-0.2, -0.15) is 0 Å². The number of amides is 1. The number of methoxy groups -OCH3 is 1. The van der Waals surface area contributed by atoms with Gasteiger partial charge in [-0.25, -0.2) is 4.39 Å². The number of β-amino-alcohol motifs (C(OH)–C–C–N with tert-alkyl or cyclic N) is 1. The van der Waals surface area contributed by atoms with Crippen LogP contribution < -0.4 is 4.74 Å². The monoisotopic (exact) mass is 343 g/mol. The van der Waals surface area contributed by atoms with Crippen LogP contribution in [0.2, 0.25) is 0 Å². The van der Waals surface area contributed by atoms with Crippen molar-refractivity contribution >= 4 is 5.91 Å². The van der Waals surface area contributed by atoms with Crippen LogP contribution in [0.4, 0.5) is 4.39 Å². The summed E-state index contributed by atoms with van der Waals surface area (Å²) in [5, 5.41) is 10.0. The molecule has 4 nitrogen and oxygen atoms in total. The average molecular weight is 343 g/mol. The second-order valence-corrected chi connectivity index (χ2v) is 6.32. The van der Waals surface area contributed by atoms with Gasteiger partial charge in [-0.05, 0) is 42.2 Å². The van der Waals surface area contributed by atoms with Crippen molar-refractivity contribution in [1.29, 1.82) is 0 Å². The van der Waals surface area contributed by atoms with Crippen LogP contribution in [0.15, 0.2) is 48.5 Å². The highest BCUT2D eigenvalue weighted by atomic mass is 19.1. The summed E-state index contributed by atoms with van der Waals surface area (Å²) in [6, 6.07) is 13.6. The van der Waals surface area contributed by atoms with Crippen molar-refractivity contribution in [3.05, 3.63) is 65.5 Å². The summed E-state index contributed by atoms with van der Waals surface area (Å²) >= 11 is 0. The maximum absolute atomic E-state index is 13.5. The highest BCUT2D eigenvalue weighted by Crippen LogP contribution is 2.33. The minimum Gasteiger partial charge on any atom is -0.496 e. The lowest BCUT2D eigenvalue weighted by Crippen LogP contribution is -2.32. The number of benzene rings is 2. The zero-order valence-electron chi connectivity index (χ0n) is 14.2. The molecule has 0 bridgehead atoms. The van der Waals surface area contributed by atoms with Crippen LogP contribution in [0.3, 0.4) is 0 Å². The number of halogens is 1. The van der Waals surface area contributed by atoms with Crippen LogP contribution in [0.25, 0.3) is 0 Å². The number of carbonyl (C=O) groups excluding carboxylic acids is 1. The highest BCUT2D eigenvalue weighted by molar-refractivity contribution is 5.77. The lowest BCUT2D eigenvalue weighted by Gasteiger charge is -2.25. The molecule has 0 aliphatic carbocycles. The molecule has 5 heteroatoms. The lowest BCUT2D eigenvalue weighted by molar-refractivity contribution is -0.132. The number of likely N-dealkylation sites (tertiary alicyclic amines) is 1. The molecule has 0 saturated carbocycles. The van der Waals surface area contributed by atoms with Gasteiger partial charge in [0.25, 0.3) is 0 Å². The van der Waals surface area contributed by atoms with Crippen molar-refractivity contribution in [2.45, 2.75) is 31.4 Å². The zero-order chi connectivity index (χ0) is 17.8. The molecule has 0 unspecified atom stereocenters. The number of rotatable bonds is 5. The average Bonchev–Trinajstić information content (AvgIpc) is 3.02. The molecule has 25 heavy (non-hydrogen) atoms. The van der Waals surface area contributed by atoms with Crippen molar-refractivity contribution in [2.75, 3.05) is 13.7 Å². The summed E-state index contributed by atoms with van der Waals surface area (Å²) in [7, 11) is 1.61. The minimum atomic E-state index is -0.580. The van der Waals surface area contributed by atoms with Gasteiger partial charge < -0.3 is 14.7 Å². The molecular weight excluding hydrogens is 321 g/mol. The molecule has 1 aliphatic rings. The Morgan fingerprint density at radius 3 is 2.84 bits per heavy atom. The van der Waals surface area contributed by atoms with E-state index in [9.17, 15) is 14.3 Å². The highest BCUT2D eigenvalue weighted by Gasteiger charge is 2.35. The Kier molecular flexibility index (Phi) is 5.34. The predicted octanol–water partition coefficient (Wildman–Crippen LogP) is 3.10. The number of carbonyl (C=O) groups is 1. The molecular formula is C20H22FNO3. The van der Waals surface area contributed by atoms with Gasteiger partial charge in [0.1, 0.15) is 11.6 Å². The van der Waals surface area contributed by atoms with Crippen LogP contribution >= 0.6 is 0 Å². The molecule has 1 saturated heterocycles. The Labute approximate surface area is 146 Å². The molecule has 132 valence electrons. The van der Waals surface area contributed by atoms with Crippen LogP contribution in [0, 0.1) is 5.82 Å². The number of nitrogens with zero attached hydrogens (tertiary/aromatic N) is 1. The summed E-state index contributed by atoms with van der Waals surface area (Å²) in [4.78, 5) is 14.4. The summed E-state index contributed by atoms with van der Waals surface area (Å²) in [6.45, 7) is 0.284. The van der Waals surface area contributed by atoms with Crippen molar-refractivity contribution in [3.63, 3.8) is 0 Å². The smallest absolute Gasteiger partial charge is 0.223 e. The molecule has 3 rings (SSSR count). The summed E-state index contributed by atoms with van der Waals surface area (Å²) < 4.78 is 18.8. The lowest BCUT2D eigenvalue weighted by atomic mass is 10.0. The minimum absolute atomic E-state index is 0.0447. The summed E-state index contributed by atoms with van der Waals surface area (Å²) in [6.07, 6.45) is 0.733. The van der Waals surface area contributed by atoms with E-state index in [2.05, 4.69) is 0 Å². The van der Waals surface area contributed by atoms with Crippen molar-refractivity contribution in [1.82, 2.24) is 4.90 Å². The predicted molar refractivity (Wildman–Crippen MR) is 92.8 cm³/mol. The van der Waals surface area contributed by atoms with E-state index < -0.39 is 6.10 Å². The first-order valence-corrected chi connectivity index (χ1v) is 8.43. The Bertz CT molecular complexity index is 749. The molecule has 1 heterocycles. The molecule has 2 aromatic carbocycles. The second-order valence-electron chi connectivity index (χ2n) is 6.32. The third kappa shape index (κ3) is 3.99. The number of hydrogen-bond acceptors (Lipinski definition) is 3. The fraction of sp³-hybridized carbons (Fsp3) is 0.350. The van der Waals surface area contributed by atoms with Crippen LogP contribution in [-0.4, -0.2) is 35.7 Å². The first kappa shape index (κ1) is 17.4. The normalized spacial score (nSPS) is 19.9. The van der Waals surface area contributed by atoms with Gasteiger partial charge in [0.2, 0.25) is 5.91 Å². The molecule has 0 aromatic heterocycles. The SMILES string of the molecule is COc1ccccc1CCC(=O)N1C[C@H](O)C[C@H]1c1cccc(F)c1. The summed E-state index contributed by atoms with van der Waals surface area (Å²) in [5.74, 6) is 0.385. The van der Waals surface area contributed by atoms with Gasteiger partial charge in [-0.15, -0.1) is 0 Å². The Morgan fingerprint density at radius 2 is 2.08 bits per heavy atom. The third-order valence-electron chi connectivity index (χ3n) is 4.63. The molecule has 1 aliphatic heterocycles. The topological polar surface area (TPSA) is 49.8 Å². The summed E-state index contributed by atoms with van der Waals surface area (Å²) in [5.41, 5.74) is 1.70. The third-order valence-corrected chi connectivity index (χ3v) is 4.63. The van der Waals surface area contributed by atoms with Crippen LogP contribution in [-0.2, 0) is 11.2 Å². The Balaban J connectivity index is 1.71.